The molecule has 1 saturated heterocycles. The molecule has 0 radical (unpaired) electrons. The van der Waals surface area contributed by atoms with Crippen LogP contribution < -0.4 is 5.32 Å². The molecule has 1 aromatic rings. The Morgan fingerprint density at radius 3 is 2.95 bits per heavy atom. The highest BCUT2D eigenvalue weighted by Gasteiger charge is 2.17. The third kappa shape index (κ3) is 4.22. The number of hydrogen-bond acceptors (Lipinski definition) is 2. The molecule has 2 rings (SSSR count). The molecule has 4 heteroatoms. The topological polar surface area (TPSA) is 32.3 Å². The van der Waals surface area contributed by atoms with Crippen LogP contribution in [-0.4, -0.2) is 36.5 Å². The number of hydrogen-bond donors (Lipinski definition) is 1. The van der Waals surface area contributed by atoms with E-state index < -0.39 is 0 Å². The fourth-order valence-electron chi connectivity index (χ4n) is 2.71. The van der Waals surface area contributed by atoms with Crippen LogP contribution in [0.2, 0.25) is 5.02 Å². The van der Waals surface area contributed by atoms with Gasteiger partial charge in [0.15, 0.2) is 0 Å². The van der Waals surface area contributed by atoms with Crippen LogP contribution in [-0.2, 0) is 0 Å². The summed E-state index contributed by atoms with van der Waals surface area (Å²) >= 11 is 6.00. The van der Waals surface area contributed by atoms with E-state index in [2.05, 4.69) is 17.1 Å². The van der Waals surface area contributed by atoms with Gasteiger partial charge in [-0.05, 0) is 44.9 Å². The Labute approximate surface area is 126 Å². The van der Waals surface area contributed by atoms with Crippen molar-refractivity contribution >= 4 is 17.5 Å². The Kier molecular flexibility index (Phi) is 5.86. The average molecular weight is 295 g/mol. The van der Waals surface area contributed by atoms with Crippen LogP contribution in [0.4, 0.5) is 0 Å². The SMILES string of the molecule is CC1CCCCN1CCCNC(=O)c1ccccc1Cl. The first-order chi connectivity index (χ1) is 9.68. The van der Waals surface area contributed by atoms with Crippen LogP contribution in [0.1, 0.15) is 43.0 Å². The van der Waals surface area contributed by atoms with Crippen LogP contribution >= 0.6 is 11.6 Å². The zero-order chi connectivity index (χ0) is 14.4. The van der Waals surface area contributed by atoms with E-state index in [-0.39, 0.29) is 5.91 Å². The van der Waals surface area contributed by atoms with Crippen molar-refractivity contribution in [1.82, 2.24) is 10.2 Å². The predicted molar refractivity (Wildman–Crippen MR) is 83.3 cm³/mol. The number of piperidine rings is 1. The summed E-state index contributed by atoms with van der Waals surface area (Å²) in [6, 6.07) is 7.84. The lowest BCUT2D eigenvalue weighted by molar-refractivity contribution is 0.0949. The highest BCUT2D eigenvalue weighted by Crippen LogP contribution is 2.16. The molecular weight excluding hydrogens is 272 g/mol. The van der Waals surface area contributed by atoms with Gasteiger partial charge >= 0.3 is 0 Å². The predicted octanol–water partition coefficient (Wildman–Crippen LogP) is 3.33. The van der Waals surface area contributed by atoms with Gasteiger partial charge in [0.1, 0.15) is 0 Å². The van der Waals surface area contributed by atoms with Gasteiger partial charge < -0.3 is 10.2 Å². The molecule has 1 heterocycles. The first kappa shape index (κ1) is 15.3. The number of halogens is 1. The summed E-state index contributed by atoms with van der Waals surface area (Å²) in [6.45, 7) is 5.25. The molecule has 1 N–H and O–H groups in total. The van der Waals surface area contributed by atoms with Crippen molar-refractivity contribution < 1.29 is 4.79 Å². The number of carbonyl (C=O) groups excluding carboxylic acids is 1. The zero-order valence-electron chi connectivity index (χ0n) is 12.1. The second kappa shape index (κ2) is 7.65. The molecule has 0 aromatic heterocycles. The van der Waals surface area contributed by atoms with Gasteiger partial charge in [0.25, 0.3) is 5.91 Å². The molecule has 1 atom stereocenters. The van der Waals surface area contributed by atoms with Crippen LogP contribution in [0.3, 0.4) is 0 Å². The summed E-state index contributed by atoms with van der Waals surface area (Å²) in [4.78, 5) is 14.5. The number of rotatable bonds is 5. The van der Waals surface area contributed by atoms with Gasteiger partial charge in [-0.3, -0.25) is 4.79 Å². The van der Waals surface area contributed by atoms with Crippen molar-refractivity contribution in [3.63, 3.8) is 0 Å². The largest absolute Gasteiger partial charge is 0.352 e. The summed E-state index contributed by atoms with van der Waals surface area (Å²) in [5, 5.41) is 3.45. The molecule has 3 nitrogen and oxygen atoms in total. The van der Waals surface area contributed by atoms with E-state index in [0.717, 1.165) is 13.0 Å². The van der Waals surface area contributed by atoms with Gasteiger partial charge in [-0.1, -0.05) is 30.2 Å². The summed E-state index contributed by atoms with van der Waals surface area (Å²) in [6.07, 6.45) is 4.93. The Bertz CT molecular complexity index is 450. The molecule has 20 heavy (non-hydrogen) atoms. The Hall–Kier alpha value is -1.06. The second-order valence-electron chi connectivity index (χ2n) is 5.47. The molecule has 0 spiro atoms. The van der Waals surface area contributed by atoms with Crippen molar-refractivity contribution in [3.05, 3.63) is 34.9 Å². The molecule has 1 unspecified atom stereocenters. The third-order valence-corrected chi connectivity index (χ3v) is 4.30. The van der Waals surface area contributed by atoms with Gasteiger partial charge in [-0.15, -0.1) is 0 Å². The van der Waals surface area contributed by atoms with E-state index in [9.17, 15) is 4.79 Å². The lowest BCUT2D eigenvalue weighted by Crippen LogP contribution is -2.39. The summed E-state index contributed by atoms with van der Waals surface area (Å²) in [7, 11) is 0. The maximum atomic E-state index is 12.0. The van der Waals surface area contributed by atoms with Gasteiger partial charge in [-0.25, -0.2) is 0 Å². The number of carbonyl (C=O) groups is 1. The number of nitrogens with zero attached hydrogens (tertiary/aromatic N) is 1. The first-order valence-electron chi connectivity index (χ1n) is 7.45. The minimum absolute atomic E-state index is 0.0812. The highest BCUT2D eigenvalue weighted by atomic mass is 35.5. The maximum absolute atomic E-state index is 12.0. The fraction of sp³-hybridized carbons (Fsp3) is 0.562. The molecule has 1 aliphatic rings. The molecule has 1 fully saturated rings. The van der Waals surface area contributed by atoms with Gasteiger partial charge in [0.2, 0.25) is 0 Å². The van der Waals surface area contributed by atoms with Crippen LogP contribution in [0, 0.1) is 0 Å². The third-order valence-electron chi connectivity index (χ3n) is 3.97. The number of benzene rings is 1. The lowest BCUT2D eigenvalue weighted by Gasteiger charge is -2.33. The molecule has 0 aliphatic carbocycles. The molecule has 1 aromatic carbocycles. The molecular formula is C16H23ClN2O. The Morgan fingerprint density at radius 1 is 1.40 bits per heavy atom. The van der Waals surface area contributed by atoms with Crippen molar-refractivity contribution in [3.8, 4) is 0 Å². The highest BCUT2D eigenvalue weighted by molar-refractivity contribution is 6.33. The standard InChI is InChI=1S/C16H23ClN2O/c1-13-7-4-5-11-19(13)12-6-10-18-16(20)14-8-2-3-9-15(14)17/h2-3,8-9,13H,4-7,10-12H2,1H3,(H,18,20). The summed E-state index contributed by atoms with van der Waals surface area (Å²) < 4.78 is 0. The van der Waals surface area contributed by atoms with E-state index in [1.54, 1.807) is 12.1 Å². The summed E-state index contributed by atoms with van der Waals surface area (Å²) in [5.41, 5.74) is 0.556. The number of amides is 1. The number of likely N-dealkylation sites (tertiary alicyclic amines) is 1. The molecule has 0 bridgehead atoms. The average Bonchev–Trinajstić information content (AvgIpc) is 2.45. The van der Waals surface area contributed by atoms with Crippen LogP contribution in [0.5, 0.6) is 0 Å². The second-order valence-corrected chi connectivity index (χ2v) is 5.88. The lowest BCUT2D eigenvalue weighted by atomic mass is 10.0. The molecule has 0 saturated carbocycles. The van der Waals surface area contributed by atoms with Gasteiger partial charge in [0, 0.05) is 19.1 Å². The minimum Gasteiger partial charge on any atom is -0.352 e. The minimum atomic E-state index is -0.0812. The number of nitrogens with one attached hydrogen (secondary N) is 1. The van der Waals surface area contributed by atoms with Crippen molar-refractivity contribution in [2.45, 2.75) is 38.6 Å². The van der Waals surface area contributed by atoms with E-state index in [0.29, 0.717) is 23.2 Å². The van der Waals surface area contributed by atoms with Crippen LogP contribution in [0.25, 0.3) is 0 Å². The summed E-state index contributed by atoms with van der Waals surface area (Å²) in [5.74, 6) is -0.0812. The smallest absolute Gasteiger partial charge is 0.252 e. The van der Waals surface area contributed by atoms with Gasteiger partial charge in [0.05, 0.1) is 10.6 Å². The maximum Gasteiger partial charge on any atom is 0.252 e. The van der Waals surface area contributed by atoms with E-state index in [1.165, 1.54) is 25.8 Å². The van der Waals surface area contributed by atoms with E-state index >= 15 is 0 Å². The zero-order valence-corrected chi connectivity index (χ0v) is 12.8. The Morgan fingerprint density at radius 2 is 2.20 bits per heavy atom. The Balaban J connectivity index is 1.71. The van der Waals surface area contributed by atoms with E-state index in [4.69, 9.17) is 11.6 Å². The van der Waals surface area contributed by atoms with Crippen LogP contribution in [0.15, 0.2) is 24.3 Å². The monoisotopic (exact) mass is 294 g/mol. The van der Waals surface area contributed by atoms with Crippen molar-refractivity contribution in [2.75, 3.05) is 19.6 Å². The van der Waals surface area contributed by atoms with E-state index in [1.807, 2.05) is 12.1 Å². The first-order valence-corrected chi connectivity index (χ1v) is 7.83. The van der Waals surface area contributed by atoms with Crippen molar-refractivity contribution in [1.29, 1.82) is 0 Å². The molecule has 1 aliphatic heterocycles. The fourth-order valence-corrected chi connectivity index (χ4v) is 2.94. The molecule has 110 valence electrons. The quantitative estimate of drug-likeness (QED) is 0.845. The normalized spacial score (nSPS) is 19.8. The molecule has 1 amide bonds. The van der Waals surface area contributed by atoms with Crippen molar-refractivity contribution in [2.24, 2.45) is 0 Å². The van der Waals surface area contributed by atoms with Gasteiger partial charge in [-0.2, -0.15) is 0 Å².